The Kier molecular flexibility index (Phi) is 4.90. The van der Waals surface area contributed by atoms with Gasteiger partial charge in [-0.25, -0.2) is 9.07 Å². The summed E-state index contributed by atoms with van der Waals surface area (Å²) < 4.78 is 15.1. The molecule has 4 rings (SSSR count). The van der Waals surface area contributed by atoms with Gasteiger partial charge in [-0.3, -0.25) is 0 Å². The molecule has 1 heterocycles. The monoisotopic (exact) mass is 361 g/mol. The van der Waals surface area contributed by atoms with Crippen LogP contribution in [0.5, 0.6) is 0 Å². The van der Waals surface area contributed by atoms with Crippen molar-refractivity contribution in [3.63, 3.8) is 0 Å². The molecule has 0 saturated carbocycles. The Labute approximate surface area is 159 Å². The fourth-order valence-electron chi connectivity index (χ4n) is 3.93. The number of hydrogen-bond acceptors (Lipinski definition) is 2. The molecule has 1 aliphatic carbocycles. The van der Waals surface area contributed by atoms with E-state index >= 15 is 0 Å². The molecule has 0 amide bonds. The maximum absolute atomic E-state index is 13.0. The van der Waals surface area contributed by atoms with E-state index in [-0.39, 0.29) is 5.82 Å². The molecule has 4 heteroatoms. The summed E-state index contributed by atoms with van der Waals surface area (Å²) in [5, 5.41) is 8.34. The number of rotatable bonds is 5. The van der Waals surface area contributed by atoms with Crippen LogP contribution in [0.25, 0.3) is 5.69 Å². The summed E-state index contributed by atoms with van der Waals surface area (Å²) in [6.45, 7) is 4.98. The molecule has 1 aromatic heterocycles. The molecule has 0 radical (unpaired) electrons. The molecule has 138 valence electrons. The van der Waals surface area contributed by atoms with Crippen LogP contribution >= 0.6 is 0 Å². The third-order valence-corrected chi connectivity index (χ3v) is 5.28. The maximum Gasteiger partial charge on any atom is 0.123 e. The van der Waals surface area contributed by atoms with Crippen LogP contribution in [0.4, 0.5) is 4.39 Å². The van der Waals surface area contributed by atoms with Gasteiger partial charge in [0.15, 0.2) is 0 Å². The van der Waals surface area contributed by atoms with E-state index in [1.807, 2.05) is 35.0 Å². The van der Waals surface area contributed by atoms with Crippen LogP contribution in [0.3, 0.4) is 0 Å². The first-order chi connectivity index (χ1) is 13.1. The lowest BCUT2D eigenvalue weighted by molar-refractivity contribution is 0.558. The molecule has 0 bridgehead atoms. The average molecular weight is 361 g/mol. The third kappa shape index (κ3) is 3.71. The molecule has 0 aliphatic heterocycles. The van der Waals surface area contributed by atoms with Crippen LogP contribution in [0.2, 0.25) is 0 Å². The van der Waals surface area contributed by atoms with Crippen LogP contribution in [-0.2, 0) is 6.54 Å². The van der Waals surface area contributed by atoms with Gasteiger partial charge in [0.1, 0.15) is 5.82 Å². The summed E-state index contributed by atoms with van der Waals surface area (Å²) in [4.78, 5) is 0. The zero-order valence-electron chi connectivity index (χ0n) is 15.7. The molecule has 27 heavy (non-hydrogen) atoms. The van der Waals surface area contributed by atoms with Gasteiger partial charge in [0.25, 0.3) is 0 Å². The zero-order chi connectivity index (χ0) is 18.8. The molecule has 2 unspecified atom stereocenters. The Morgan fingerprint density at radius 3 is 2.52 bits per heavy atom. The summed E-state index contributed by atoms with van der Waals surface area (Å²) >= 11 is 0. The van der Waals surface area contributed by atoms with Gasteiger partial charge < -0.3 is 5.32 Å². The summed E-state index contributed by atoms with van der Waals surface area (Å²) in [5.74, 6) is 0.175. The molecular weight excluding hydrogens is 337 g/mol. The number of hydrogen-bond donors (Lipinski definition) is 1. The summed E-state index contributed by atoms with van der Waals surface area (Å²) in [7, 11) is 0. The zero-order valence-corrected chi connectivity index (χ0v) is 15.7. The van der Waals surface area contributed by atoms with Crippen LogP contribution in [0.15, 0.2) is 66.7 Å². The first-order valence-electron chi connectivity index (χ1n) is 9.39. The second kappa shape index (κ2) is 7.49. The smallest absolute Gasteiger partial charge is 0.123 e. The molecule has 3 nitrogen and oxygen atoms in total. The quantitative estimate of drug-likeness (QED) is 0.660. The van der Waals surface area contributed by atoms with E-state index < -0.39 is 0 Å². The van der Waals surface area contributed by atoms with E-state index in [2.05, 4.69) is 43.4 Å². The van der Waals surface area contributed by atoms with Gasteiger partial charge in [-0.2, -0.15) is 5.10 Å². The lowest BCUT2D eigenvalue weighted by Crippen LogP contribution is -2.25. The van der Waals surface area contributed by atoms with Crippen LogP contribution < -0.4 is 5.32 Å². The molecular formula is C23H24FN3. The largest absolute Gasteiger partial charge is 0.306 e. The average Bonchev–Trinajstić information content (AvgIpc) is 3.26. The van der Waals surface area contributed by atoms with E-state index in [1.54, 1.807) is 0 Å². The van der Waals surface area contributed by atoms with Crippen molar-refractivity contribution >= 4 is 0 Å². The third-order valence-electron chi connectivity index (χ3n) is 5.28. The standard InChI is InChI=1S/C23H24FN3/c1-16-23(17(2)27(26-16)22-6-4-3-5-7-22)19-10-13-21(14-19)25-15-18-8-11-20(24)12-9-18/h3-13,19,21,25H,14-15H2,1-2H3. The highest BCUT2D eigenvalue weighted by atomic mass is 19.1. The Morgan fingerprint density at radius 1 is 1.04 bits per heavy atom. The van der Waals surface area contributed by atoms with Gasteiger partial charge in [0.05, 0.1) is 11.4 Å². The lowest BCUT2D eigenvalue weighted by atomic mass is 9.96. The second-order valence-corrected chi connectivity index (χ2v) is 7.17. The van der Waals surface area contributed by atoms with Gasteiger partial charge >= 0.3 is 0 Å². The van der Waals surface area contributed by atoms with Gasteiger partial charge in [-0.05, 0) is 50.1 Å². The van der Waals surface area contributed by atoms with E-state index in [9.17, 15) is 4.39 Å². The van der Waals surface area contributed by atoms with E-state index in [0.717, 1.165) is 29.9 Å². The second-order valence-electron chi connectivity index (χ2n) is 7.17. The fraction of sp³-hybridized carbons (Fsp3) is 0.261. The number of nitrogens with one attached hydrogen (secondary N) is 1. The van der Waals surface area contributed by atoms with Crippen LogP contribution in [-0.4, -0.2) is 15.8 Å². The fourth-order valence-corrected chi connectivity index (χ4v) is 3.93. The Bertz CT molecular complexity index is 942. The minimum absolute atomic E-state index is 0.194. The number of allylic oxidation sites excluding steroid dienone is 1. The molecule has 0 saturated heterocycles. The maximum atomic E-state index is 13.0. The highest BCUT2D eigenvalue weighted by Crippen LogP contribution is 2.34. The molecule has 0 fully saturated rings. The predicted octanol–water partition coefficient (Wildman–Crippen LogP) is 4.83. The summed E-state index contributed by atoms with van der Waals surface area (Å²) in [6.07, 6.45) is 5.55. The van der Waals surface area contributed by atoms with Gasteiger partial charge in [-0.1, -0.05) is 42.5 Å². The molecule has 1 aliphatic rings. The molecule has 0 spiro atoms. The van der Waals surface area contributed by atoms with Crippen molar-refractivity contribution in [2.45, 2.75) is 38.8 Å². The Morgan fingerprint density at radius 2 is 1.78 bits per heavy atom. The number of halogens is 1. The van der Waals surface area contributed by atoms with E-state index in [0.29, 0.717) is 12.0 Å². The number of nitrogens with zero attached hydrogens (tertiary/aromatic N) is 2. The van der Waals surface area contributed by atoms with Gasteiger partial charge in [0, 0.05) is 29.8 Å². The minimum atomic E-state index is -0.194. The van der Waals surface area contributed by atoms with Crippen molar-refractivity contribution in [1.82, 2.24) is 15.1 Å². The minimum Gasteiger partial charge on any atom is -0.306 e. The van der Waals surface area contributed by atoms with Crippen molar-refractivity contribution in [3.05, 3.63) is 95.1 Å². The topological polar surface area (TPSA) is 29.9 Å². The number of para-hydroxylation sites is 1. The summed E-state index contributed by atoms with van der Waals surface area (Å²) in [5.41, 5.74) is 5.80. The number of aryl methyl sites for hydroxylation is 1. The first-order valence-corrected chi connectivity index (χ1v) is 9.39. The van der Waals surface area contributed by atoms with E-state index in [1.165, 1.54) is 23.4 Å². The normalized spacial score (nSPS) is 18.9. The summed E-state index contributed by atoms with van der Waals surface area (Å²) in [6, 6.07) is 17.3. The highest BCUT2D eigenvalue weighted by Gasteiger charge is 2.25. The van der Waals surface area contributed by atoms with Crippen molar-refractivity contribution in [3.8, 4) is 5.69 Å². The number of benzene rings is 2. The van der Waals surface area contributed by atoms with Crippen molar-refractivity contribution in [2.24, 2.45) is 0 Å². The highest BCUT2D eigenvalue weighted by molar-refractivity contribution is 5.41. The SMILES string of the molecule is Cc1nn(-c2ccccc2)c(C)c1C1C=CC(NCc2ccc(F)cc2)C1. The van der Waals surface area contributed by atoms with Crippen molar-refractivity contribution in [1.29, 1.82) is 0 Å². The van der Waals surface area contributed by atoms with Crippen molar-refractivity contribution in [2.75, 3.05) is 0 Å². The lowest BCUT2D eigenvalue weighted by Gasteiger charge is -2.15. The van der Waals surface area contributed by atoms with Crippen LogP contribution in [0.1, 0.15) is 34.9 Å². The molecule has 2 aromatic carbocycles. The number of aromatic nitrogens is 2. The van der Waals surface area contributed by atoms with Gasteiger partial charge in [-0.15, -0.1) is 0 Å². The van der Waals surface area contributed by atoms with E-state index in [4.69, 9.17) is 5.10 Å². The van der Waals surface area contributed by atoms with Crippen LogP contribution in [0, 0.1) is 19.7 Å². The molecule has 3 aromatic rings. The first kappa shape index (κ1) is 17.7. The molecule has 2 atom stereocenters. The molecule has 1 N–H and O–H groups in total. The van der Waals surface area contributed by atoms with Gasteiger partial charge in [0.2, 0.25) is 0 Å². The van der Waals surface area contributed by atoms with Crippen molar-refractivity contribution < 1.29 is 4.39 Å². The Hall–Kier alpha value is -2.72. The predicted molar refractivity (Wildman–Crippen MR) is 107 cm³/mol. The Balaban J connectivity index is 1.45.